The maximum Gasteiger partial charge on any atom is 0.339 e. The number of methoxy groups -OCH3 is 1. The average Bonchev–Trinajstić information content (AvgIpc) is 2.66. The van der Waals surface area contributed by atoms with Crippen molar-refractivity contribution >= 4 is 33.5 Å². The number of nitrogens with one attached hydrogen (secondary N) is 1. The van der Waals surface area contributed by atoms with Gasteiger partial charge in [0.05, 0.1) is 22.1 Å². The van der Waals surface area contributed by atoms with Gasteiger partial charge >= 0.3 is 5.97 Å². The molecule has 0 spiro atoms. The summed E-state index contributed by atoms with van der Waals surface area (Å²) in [5, 5.41) is 13.6. The fraction of sp³-hybridized carbons (Fsp3) is 0.222. The summed E-state index contributed by atoms with van der Waals surface area (Å²) >= 11 is 3.04. The van der Waals surface area contributed by atoms with Crippen molar-refractivity contribution in [1.29, 1.82) is 0 Å². The van der Waals surface area contributed by atoms with Gasteiger partial charge in [0.1, 0.15) is 5.75 Å². The molecule has 0 saturated heterocycles. The van der Waals surface area contributed by atoms with Crippen molar-refractivity contribution in [3.8, 4) is 5.75 Å². The number of benzene rings is 2. The van der Waals surface area contributed by atoms with E-state index in [9.17, 15) is 19.7 Å². The van der Waals surface area contributed by atoms with Gasteiger partial charge in [-0.15, -0.1) is 0 Å². The van der Waals surface area contributed by atoms with E-state index in [-0.39, 0.29) is 22.3 Å². The van der Waals surface area contributed by atoms with E-state index >= 15 is 0 Å². The number of hydrogen-bond donors (Lipinski definition) is 1. The predicted octanol–water partition coefficient (Wildman–Crippen LogP) is 3.23. The van der Waals surface area contributed by atoms with Crippen molar-refractivity contribution < 1.29 is 24.0 Å². The third kappa shape index (κ3) is 5.52. The summed E-state index contributed by atoms with van der Waals surface area (Å²) in [5.74, 6) is -0.598. The predicted molar refractivity (Wildman–Crippen MR) is 101 cm³/mol. The van der Waals surface area contributed by atoms with Crippen LogP contribution in [0.3, 0.4) is 0 Å². The third-order valence-corrected chi connectivity index (χ3v) is 4.33. The second-order valence-electron chi connectivity index (χ2n) is 5.54. The molecule has 9 heteroatoms. The SMILES string of the molecule is COc1ccc(CNC(=O)C(C)OC(=O)c2ccc(Br)c([N+](=O)[O-])c2)cc1. The Balaban J connectivity index is 1.94. The minimum atomic E-state index is -1.06. The molecule has 1 N–H and O–H groups in total. The number of amides is 1. The van der Waals surface area contributed by atoms with Crippen molar-refractivity contribution in [2.24, 2.45) is 0 Å². The van der Waals surface area contributed by atoms with E-state index in [4.69, 9.17) is 9.47 Å². The molecule has 27 heavy (non-hydrogen) atoms. The normalized spacial score (nSPS) is 11.4. The third-order valence-electron chi connectivity index (χ3n) is 3.66. The Kier molecular flexibility index (Phi) is 6.89. The summed E-state index contributed by atoms with van der Waals surface area (Å²) in [5.41, 5.74) is 0.576. The Labute approximate surface area is 163 Å². The van der Waals surface area contributed by atoms with E-state index in [1.165, 1.54) is 19.1 Å². The maximum atomic E-state index is 12.1. The highest BCUT2D eigenvalue weighted by Gasteiger charge is 2.21. The van der Waals surface area contributed by atoms with Gasteiger partial charge in [0.2, 0.25) is 0 Å². The molecule has 1 atom stereocenters. The van der Waals surface area contributed by atoms with E-state index < -0.39 is 22.9 Å². The lowest BCUT2D eigenvalue weighted by atomic mass is 10.2. The van der Waals surface area contributed by atoms with Gasteiger partial charge in [-0.1, -0.05) is 12.1 Å². The molecule has 0 aliphatic heterocycles. The number of carbonyl (C=O) groups excluding carboxylic acids is 2. The molecule has 0 aromatic heterocycles. The quantitative estimate of drug-likeness (QED) is 0.405. The Hall–Kier alpha value is -2.94. The summed E-state index contributed by atoms with van der Waals surface area (Å²) in [4.78, 5) is 34.6. The Morgan fingerprint density at radius 2 is 1.89 bits per heavy atom. The highest BCUT2D eigenvalue weighted by atomic mass is 79.9. The van der Waals surface area contributed by atoms with Crippen LogP contribution in [-0.4, -0.2) is 30.0 Å². The van der Waals surface area contributed by atoms with Crippen molar-refractivity contribution in [2.45, 2.75) is 19.6 Å². The summed E-state index contributed by atoms with van der Waals surface area (Å²) in [6.07, 6.45) is -1.06. The lowest BCUT2D eigenvalue weighted by Gasteiger charge is -2.14. The first-order chi connectivity index (χ1) is 12.8. The van der Waals surface area contributed by atoms with Crippen molar-refractivity contribution in [3.63, 3.8) is 0 Å². The van der Waals surface area contributed by atoms with Crippen LogP contribution >= 0.6 is 15.9 Å². The van der Waals surface area contributed by atoms with E-state index in [1.807, 2.05) is 0 Å². The van der Waals surface area contributed by atoms with E-state index in [1.54, 1.807) is 31.4 Å². The lowest BCUT2D eigenvalue weighted by molar-refractivity contribution is -0.385. The maximum absolute atomic E-state index is 12.1. The van der Waals surface area contributed by atoms with E-state index in [0.717, 1.165) is 11.6 Å². The van der Waals surface area contributed by atoms with Crippen LogP contribution in [0.2, 0.25) is 0 Å². The van der Waals surface area contributed by atoms with Crippen LogP contribution in [0.5, 0.6) is 5.75 Å². The number of rotatable bonds is 7. The largest absolute Gasteiger partial charge is 0.497 e. The number of esters is 1. The topological polar surface area (TPSA) is 108 Å². The van der Waals surface area contributed by atoms with Gasteiger partial charge in [-0.25, -0.2) is 4.79 Å². The Bertz CT molecular complexity index is 853. The fourth-order valence-electron chi connectivity index (χ4n) is 2.14. The minimum Gasteiger partial charge on any atom is -0.497 e. The van der Waals surface area contributed by atoms with Gasteiger partial charge in [0, 0.05) is 12.6 Å². The van der Waals surface area contributed by atoms with E-state index in [0.29, 0.717) is 5.75 Å². The zero-order valence-electron chi connectivity index (χ0n) is 14.6. The zero-order valence-corrected chi connectivity index (χ0v) is 16.2. The average molecular weight is 437 g/mol. The molecule has 0 aliphatic carbocycles. The van der Waals surface area contributed by atoms with Crippen molar-refractivity contribution in [2.75, 3.05) is 7.11 Å². The molecule has 2 aromatic carbocycles. The number of carbonyl (C=O) groups is 2. The summed E-state index contributed by atoms with van der Waals surface area (Å²) in [7, 11) is 1.56. The monoisotopic (exact) mass is 436 g/mol. The fourth-order valence-corrected chi connectivity index (χ4v) is 2.53. The Morgan fingerprint density at radius 3 is 2.48 bits per heavy atom. The van der Waals surface area contributed by atoms with Crippen LogP contribution < -0.4 is 10.1 Å². The molecule has 0 aliphatic rings. The first-order valence-corrected chi connectivity index (χ1v) is 8.66. The molecule has 142 valence electrons. The Morgan fingerprint density at radius 1 is 1.22 bits per heavy atom. The number of nitro groups is 1. The highest BCUT2D eigenvalue weighted by Crippen LogP contribution is 2.26. The molecule has 0 bridgehead atoms. The number of nitro benzene ring substituents is 1. The second-order valence-corrected chi connectivity index (χ2v) is 6.39. The second kappa shape index (κ2) is 9.13. The molecular weight excluding hydrogens is 420 g/mol. The van der Waals surface area contributed by atoms with Gasteiger partial charge in [-0.2, -0.15) is 0 Å². The smallest absolute Gasteiger partial charge is 0.339 e. The molecule has 0 fully saturated rings. The number of nitrogens with zero attached hydrogens (tertiary/aromatic N) is 1. The number of hydrogen-bond acceptors (Lipinski definition) is 6. The van der Waals surface area contributed by atoms with Crippen LogP contribution in [0.4, 0.5) is 5.69 Å². The molecule has 0 heterocycles. The van der Waals surface area contributed by atoms with Crippen LogP contribution in [0.15, 0.2) is 46.9 Å². The molecule has 8 nitrogen and oxygen atoms in total. The van der Waals surface area contributed by atoms with Crippen LogP contribution in [0.25, 0.3) is 0 Å². The first-order valence-electron chi connectivity index (χ1n) is 7.87. The minimum absolute atomic E-state index is 0.0142. The van der Waals surface area contributed by atoms with Crippen LogP contribution in [-0.2, 0) is 16.1 Å². The van der Waals surface area contributed by atoms with Gasteiger partial charge in [-0.3, -0.25) is 14.9 Å². The molecule has 2 rings (SSSR count). The number of halogens is 1. The van der Waals surface area contributed by atoms with E-state index in [2.05, 4.69) is 21.2 Å². The van der Waals surface area contributed by atoms with Gasteiger partial charge < -0.3 is 14.8 Å². The van der Waals surface area contributed by atoms with Gasteiger partial charge in [0.15, 0.2) is 6.10 Å². The standard InChI is InChI=1S/C18H17BrN2O6/c1-11(17(22)20-10-12-3-6-14(26-2)7-4-12)27-18(23)13-5-8-15(19)16(9-13)21(24)25/h3-9,11H,10H2,1-2H3,(H,20,22). The molecular formula is C18H17BrN2O6. The first kappa shape index (κ1) is 20.4. The van der Waals surface area contributed by atoms with Gasteiger partial charge in [0.25, 0.3) is 11.6 Å². The number of ether oxygens (including phenoxy) is 2. The van der Waals surface area contributed by atoms with Crippen LogP contribution in [0.1, 0.15) is 22.8 Å². The highest BCUT2D eigenvalue weighted by molar-refractivity contribution is 9.10. The summed E-state index contributed by atoms with van der Waals surface area (Å²) < 4.78 is 10.4. The van der Waals surface area contributed by atoms with Gasteiger partial charge in [-0.05, 0) is 52.7 Å². The molecule has 1 amide bonds. The van der Waals surface area contributed by atoms with Crippen molar-refractivity contribution in [3.05, 3.63) is 68.2 Å². The zero-order chi connectivity index (χ0) is 20.0. The molecule has 2 aromatic rings. The van der Waals surface area contributed by atoms with Crippen LogP contribution in [0, 0.1) is 10.1 Å². The molecule has 0 saturated carbocycles. The summed E-state index contributed by atoms with van der Waals surface area (Å²) in [6.45, 7) is 1.68. The molecule has 1 unspecified atom stereocenters. The summed E-state index contributed by atoms with van der Waals surface area (Å²) in [6, 6.07) is 11.0. The lowest BCUT2D eigenvalue weighted by Crippen LogP contribution is -2.35. The molecule has 0 radical (unpaired) electrons. The van der Waals surface area contributed by atoms with Crippen molar-refractivity contribution in [1.82, 2.24) is 5.32 Å².